The van der Waals surface area contributed by atoms with E-state index in [0.717, 1.165) is 11.3 Å². The van der Waals surface area contributed by atoms with Crippen LogP contribution in [0.3, 0.4) is 0 Å². The highest BCUT2D eigenvalue weighted by Crippen LogP contribution is 2.27. The molecule has 0 aromatic heterocycles. The maximum absolute atomic E-state index is 9.76. The van der Waals surface area contributed by atoms with Crippen LogP contribution < -0.4 is 5.32 Å². The fraction of sp³-hybridized carbons (Fsp3) is 0.0769. The Kier molecular flexibility index (Phi) is 4.12. The first-order valence-electron chi connectivity index (χ1n) is 5.12. The molecule has 0 fully saturated rings. The minimum atomic E-state index is 0.146. The molecular formula is C13H11ClINO. The Balaban J connectivity index is 2.10. The minimum absolute atomic E-state index is 0.146. The third kappa shape index (κ3) is 3.26. The lowest BCUT2D eigenvalue weighted by Crippen LogP contribution is -1.99. The van der Waals surface area contributed by atoms with Crippen molar-refractivity contribution >= 4 is 39.9 Å². The average molecular weight is 360 g/mol. The van der Waals surface area contributed by atoms with Crippen molar-refractivity contribution < 1.29 is 5.11 Å². The first-order valence-corrected chi connectivity index (χ1v) is 6.58. The second kappa shape index (κ2) is 5.60. The van der Waals surface area contributed by atoms with Crippen molar-refractivity contribution in [3.63, 3.8) is 0 Å². The Morgan fingerprint density at radius 3 is 2.71 bits per heavy atom. The number of phenols is 1. The van der Waals surface area contributed by atoms with Crippen molar-refractivity contribution in [3.8, 4) is 5.75 Å². The summed E-state index contributed by atoms with van der Waals surface area (Å²) in [6.07, 6.45) is 0. The lowest BCUT2D eigenvalue weighted by Gasteiger charge is -2.09. The van der Waals surface area contributed by atoms with Crippen LogP contribution in [0.5, 0.6) is 5.75 Å². The maximum Gasteiger partial charge on any atom is 0.139 e. The lowest BCUT2D eigenvalue weighted by molar-refractivity contribution is 0.469. The van der Waals surface area contributed by atoms with Crippen LogP contribution in [0.2, 0.25) is 5.02 Å². The van der Waals surface area contributed by atoms with E-state index >= 15 is 0 Å². The smallest absolute Gasteiger partial charge is 0.139 e. The van der Waals surface area contributed by atoms with Gasteiger partial charge in [0, 0.05) is 21.4 Å². The highest BCUT2D eigenvalue weighted by atomic mass is 127. The molecule has 2 aromatic rings. The van der Waals surface area contributed by atoms with E-state index in [9.17, 15) is 5.11 Å². The Bertz CT molecular complexity index is 531. The maximum atomic E-state index is 9.76. The molecule has 88 valence electrons. The molecule has 0 aliphatic carbocycles. The van der Waals surface area contributed by atoms with E-state index in [1.807, 2.05) is 36.4 Å². The molecule has 0 unspecified atom stereocenters. The predicted octanol–water partition coefficient (Wildman–Crippen LogP) is 4.26. The first-order chi connectivity index (χ1) is 8.16. The molecule has 0 saturated heterocycles. The van der Waals surface area contributed by atoms with Gasteiger partial charge in [0.1, 0.15) is 5.75 Å². The summed E-state index contributed by atoms with van der Waals surface area (Å²) in [5, 5.41) is 13.4. The molecular weight excluding hydrogens is 349 g/mol. The topological polar surface area (TPSA) is 32.3 Å². The number of anilines is 1. The van der Waals surface area contributed by atoms with Gasteiger partial charge in [-0.25, -0.2) is 0 Å². The summed E-state index contributed by atoms with van der Waals surface area (Å²) < 4.78 is 1.17. The summed E-state index contributed by atoms with van der Waals surface area (Å²) in [7, 11) is 0. The zero-order valence-corrected chi connectivity index (χ0v) is 11.9. The van der Waals surface area contributed by atoms with Crippen LogP contribution >= 0.6 is 34.2 Å². The first kappa shape index (κ1) is 12.5. The number of nitrogens with one attached hydrogen (secondary N) is 1. The van der Waals surface area contributed by atoms with Crippen molar-refractivity contribution in [2.75, 3.05) is 5.32 Å². The molecule has 2 nitrogen and oxygen atoms in total. The van der Waals surface area contributed by atoms with Crippen LogP contribution in [0, 0.1) is 3.57 Å². The van der Waals surface area contributed by atoms with Crippen molar-refractivity contribution in [2.45, 2.75) is 6.54 Å². The third-order valence-corrected chi connectivity index (χ3v) is 3.35. The summed E-state index contributed by atoms with van der Waals surface area (Å²) in [4.78, 5) is 0. The van der Waals surface area contributed by atoms with Crippen LogP contribution in [-0.2, 0) is 6.54 Å². The molecule has 0 atom stereocenters. The molecule has 0 bridgehead atoms. The summed E-state index contributed by atoms with van der Waals surface area (Å²) in [5.41, 5.74) is 1.81. The predicted molar refractivity (Wildman–Crippen MR) is 79.6 cm³/mol. The molecule has 2 rings (SSSR count). The third-order valence-electron chi connectivity index (χ3n) is 2.38. The molecule has 0 aliphatic rings. The SMILES string of the molecule is Oc1c(Cl)cccc1CNc1cccc(I)c1. The normalized spacial score (nSPS) is 10.2. The fourth-order valence-electron chi connectivity index (χ4n) is 1.50. The van der Waals surface area contributed by atoms with Gasteiger partial charge in [0.25, 0.3) is 0 Å². The van der Waals surface area contributed by atoms with Crippen molar-refractivity contribution in [2.24, 2.45) is 0 Å². The van der Waals surface area contributed by atoms with Gasteiger partial charge in [0.2, 0.25) is 0 Å². The second-order valence-corrected chi connectivity index (χ2v) is 5.26. The highest BCUT2D eigenvalue weighted by molar-refractivity contribution is 14.1. The Hall–Kier alpha value is -0.940. The van der Waals surface area contributed by atoms with Crippen LogP contribution in [-0.4, -0.2) is 5.11 Å². The molecule has 17 heavy (non-hydrogen) atoms. The van der Waals surface area contributed by atoms with Crippen LogP contribution in [0.4, 0.5) is 5.69 Å². The zero-order valence-electron chi connectivity index (χ0n) is 8.95. The van der Waals surface area contributed by atoms with Gasteiger partial charge in [0.15, 0.2) is 0 Å². The summed E-state index contributed by atoms with van der Waals surface area (Å²) in [5.74, 6) is 0.146. The molecule has 0 aliphatic heterocycles. The highest BCUT2D eigenvalue weighted by Gasteiger charge is 2.04. The zero-order chi connectivity index (χ0) is 12.3. The average Bonchev–Trinajstić information content (AvgIpc) is 2.31. The molecule has 2 N–H and O–H groups in total. The minimum Gasteiger partial charge on any atom is -0.506 e. The fourth-order valence-corrected chi connectivity index (χ4v) is 2.24. The number of rotatable bonds is 3. The van der Waals surface area contributed by atoms with Crippen LogP contribution in [0.25, 0.3) is 0 Å². The van der Waals surface area contributed by atoms with Gasteiger partial charge in [-0.15, -0.1) is 0 Å². The molecule has 0 heterocycles. The van der Waals surface area contributed by atoms with Gasteiger partial charge >= 0.3 is 0 Å². The number of para-hydroxylation sites is 1. The monoisotopic (exact) mass is 359 g/mol. The van der Waals surface area contributed by atoms with E-state index in [0.29, 0.717) is 11.6 Å². The molecule has 0 saturated carbocycles. The molecule has 0 amide bonds. The van der Waals surface area contributed by atoms with E-state index in [1.165, 1.54) is 3.57 Å². The largest absolute Gasteiger partial charge is 0.506 e. The van der Waals surface area contributed by atoms with Crippen molar-refractivity contribution in [1.82, 2.24) is 0 Å². The number of halogens is 2. The van der Waals surface area contributed by atoms with Gasteiger partial charge in [-0.1, -0.05) is 29.8 Å². The summed E-state index contributed by atoms with van der Waals surface area (Å²) in [6, 6.07) is 13.4. The van der Waals surface area contributed by atoms with Crippen molar-refractivity contribution in [1.29, 1.82) is 0 Å². The van der Waals surface area contributed by atoms with Gasteiger partial charge < -0.3 is 10.4 Å². The Morgan fingerprint density at radius 1 is 1.18 bits per heavy atom. The van der Waals surface area contributed by atoms with Crippen LogP contribution in [0.1, 0.15) is 5.56 Å². The molecule has 4 heteroatoms. The van der Waals surface area contributed by atoms with Gasteiger partial charge in [-0.05, 0) is 46.9 Å². The Morgan fingerprint density at radius 2 is 1.94 bits per heavy atom. The molecule has 2 aromatic carbocycles. The standard InChI is InChI=1S/C13H11ClINO/c14-12-6-1-3-9(13(12)17)8-16-11-5-2-4-10(15)7-11/h1-7,16-17H,8H2. The summed E-state index contributed by atoms with van der Waals surface area (Å²) in [6.45, 7) is 0.548. The van der Waals surface area contributed by atoms with E-state index in [-0.39, 0.29) is 5.75 Å². The quantitative estimate of drug-likeness (QED) is 0.803. The lowest BCUT2D eigenvalue weighted by atomic mass is 10.2. The van der Waals surface area contributed by atoms with Crippen LogP contribution in [0.15, 0.2) is 42.5 Å². The number of phenolic OH excluding ortho intramolecular Hbond substituents is 1. The number of benzene rings is 2. The van der Waals surface area contributed by atoms with E-state index in [1.54, 1.807) is 6.07 Å². The van der Waals surface area contributed by atoms with Crippen molar-refractivity contribution in [3.05, 3.63) is 56.6 Å². The molecule has 0 radical (unpaired) electrons. The second-order valence-electron chi connectivity index (χ2n) is 3.61. The van der Waals surface area contributed by atoms with Gasteiger partial charge in [0.05, 0.1) is 5.02 Å². The molecule has 0 spiro atoms. The van der Waals surface area contributed by atoms with E-state index in [4.69, 9.17) is 11.6 Å². The summed E-state index contributed by atoms with van der Waals surface area (Å²) >= 11 is 8.10. The Labute approximate surface area is 119 Å². The number of hydrogen-bond acceptors (Lipinski definition) is 2. The number of hydrogen-bond donors (Lipinski definition) is 2. The van der Waals surface area contributed by atoms with Gasteiger partial charge in [-0.2, -0.15) is 0 Å². The van der Waals surface area contributed by atoms with E-state index in [2.05, 4.69) is 27.9 Å². The van der Waals surface area contributed by atoms with E-state index < -0.39 is 0 Å². The number of aromatic hydroxyl groups is 1. The van der Waals surface area contributed by atoms with Gasteiger partial charge in [-0.3, -0.25) is 0 Å².